The molecule has 0 spiro atoms. The number of rotatable bonds is 3. The normalized spacial score (nSPS) is 25.4. The van der Waals surface area contributed by atoms with Crippen molar-refractivity contribution in [2.24, 2.45) is 5.92 Å². The van der Waals surface area contributed by atoms with E-state index < -0.39 is 0 Å². The number of benzene rings is 2. The van der Waals surface area contributed by atoms with Crippen molar-refractivity contribution in [2.75, 3.05) is 5.32 Å². The molecule has 0 bridgehead atoms. The third-order valence-corrected chi connectivity index (χ3v) is 7.39. The summed E-state index contributed by atoms with van der Waals surface area (Å²) in [5.74, 6) is -0.235. The van der Waals surface area contributed by atoms with Crippen LogP contribution in [0.25, 0.3) is 0 Å². The lowest BCUT2D eigenvalue weighted by molar-refractivity contribution is -0.127. The van der Waals surface area contributed by atoms with E-state index in [2.05, 4.69) is 16.0 Å². The Balaban J connectivity index is 1.32. The summed E-state index contributed by atoms with van der Waals surface area (Å²) in [7, 11) is 0. The van der Waals surface area contributed by atoms with Gasteiger partial charge in [0.1, 0.15) is 6.17 Å². The third kappa shape index (κ3) is 3.45. The Morgan fingerprint density at radius 3 is 2.86 bits per heavy atom. The van der Waals surface area contributed by atoms with Crippen molar-refractivity contribution in [3.8, 4) is 0 Å². The largest absolute Gasteiger partial charge is 0.336 e. The fourth-order valence-electron chi connectivity index (χ4n) is 4.29. The molecule has 148 valence electrons. The Morgan fingerprint density at radius 1 is 1.14 bits per heavy atom. The molecule has 3 unspecified atom stereocenters. The average molecular weight is 426 g/mol. The van der Waals surface area contributed by atoms with Crippen LogP contribution in [0.1, 0.15) is 41.3 Å². The summed E-state index contributed by atoms with van der Waals surface area (Å²) < 4.78 is 0. The van der Waals surface area contributed by atoms with Gasteiger partial charge in [0.25, 0.3) is 5.91 Å². The van der Waals surface area contributed by atoms with Gasteiger partial charge in [-0.1, -0.05) is 35.9 Å². The molecule has 0 radical (unpaired) electrons. The summed E-state index contributed by atoms with van der Waals surface area (Å²) in [6, 6.07) is 14.5. The molecule has 3 N–H and O–H groups in total. The maximum Gasteiger partial charge on any atom is 0.257 e. The number of hydrogen-bond acceptors (Lipinski definition) is 4. The first-order chi connectivity index (χ1) is 14.1. The second-order valence-electron chi connectivity index (χ2n) is 7.49. The van der Waals surface area contributed by atoms with Crippen LogP contribution in [0.5, 0.6) is 0 Å². The SMILES string of the molecule is O=C(Nc1cccc(C2NC(=O)C3C4=C(CCC4)SC3N2)c1)c1ccccc1Cl. The first kappa shape index (κ1) is 18.7. The van der Waals surface area contributed by atoms with Gasteiger partial charge in [0.05, 0.1) is 21.9 Å². The zero-order valence-corrected chi connectivity index (χ0v) is 17.1. The van der Waals surface area contributed by atoms with Crippen LogP contribution < -0.4 is 16.0 Å². The maximum atomic E-state index is 12.8. The Morgan fingerprint density at radius 2 is 2.00 bits per heavy atom. The molecule has 2 aromatic rings. The molecule has 0 aromatic heterocycles. The van der Waals surface area contributed by atoms with Crippen LogP contribution in [0.2, 0.25) is 5.02 Å². The van der Waals surface area contributed by atoms with E-state index in [1.807, 2.05) is 24.3 Å². The highest BCUT2D eigenvalue weighted by molar-refractivity contribution is 8.04. The minimum Gasteiger partial charge on any atom is -0.336 e. The zero-order chi connectivity index (χ0) is 20.0. The Bertz CT molecular complexity index is 1040. The van der Waals surface area contributed by atoms with Crippen LogP contribution in [0.3, 0.4) is 0 Å². The molecule has 5 rings (SSSR count). The molecule has 3 aliphatic rings. The van der Waals surface area contributed by atoms with Gasteiger partial charge in [-0.05, 0) is 59.6 Å². The number of amides is 2. The van der Waals surface area contributed by atoms with E-state index in [1.54, 1.807) is 36.0 Å². The molecule has 0 saturated carbocycles. The fraction of sp³-hybridized carbons (Fsp3) is 0.273. The van der Waals surface area contributed by atoms with Crippen LogP contribution in [-0.4, -0.2) is 17.2 Å². The van der Waals surface area contributed by atoms with Gasteiger partial charge in [-0.2, -0.15) is 0 Å². The van der Waals surface area contributed by atoms with Crippen LogP contribution >= 0.6 is 23.4 Å². The van der Waals surface area contributed by atoms with E-state index >= 15 is 0 Å². The summed E-state index contributed by atoms with van der Waals surface area (Å²) >= 11 is 7.93. The highest BCUT2D eigenvalue weighted by atomic mass is 35.5. The standard InChI is InChI=1S/C22H20ClN3O2S/c23-16-9-2-1-7-14(16)20(27)24-13-6-3-5-12(11-13)19-25-21(28)18-15-8-4-10-17(15)29-22(18)26-19/h1-3,5-7,9,11,18-19,22,26H,4,8,10H2,(H,24,27)(H,25,28). The summed E-state index contributed by atoms with van der Waals surface area (Å²) in [5, 5.41) is 10.1. The predicted molar refractivity (Wildman–Crippen MR) is 116 cm³/mol. The Kier molecular flexibility index (Phi) is 4.86. The van der Waals surface area contributed by atoms with Gasteiger partial charge in [-0.15, -0.1) is 11.8 Å². The number of carbonyl (C=O) groups is 2. The Labute approximate surface area is 178 Å². The number of carbonyl (C=O) groups excluding carboxylic acids is 2. The van der Waals surface area contributed by atoms with Crippen LogP contribution in [0.15, 0.2) is 59.0 Å². The molecule has 1 saturated heterocycles. The van der Waals surface area contributed by atoms with Gasteiger partial charge in [0.15, 0.2) is 0 Å². The van der Waals surface area contributed by atoms with E-state index in [0.717, 1.165) is 24.8 Å². The number of hydrogen-bond donors (Lipinski definition) is 3. The molecule has 2 aliphatic heterocycles. The van der Waals surface area contributed by atoms with Crippen LogP contribution in [0.4, 0.5) is 5.69 Å². The molecule has 7 heteroatoms. The summed E-state index contributed by atoms with van der Waals surface area (Å²) in [4.78, 5) is 26.7. The summed E-state index contributed by atoms with van der Waals surface area (Å²) in [5.41, 5.74) is 3.31. The topological polar surface area (TPSA) is 70.2 Å². The molecule has 2 heterocycles. The van der Waals surface area contributed by atoms with E-state index in [0.29, 0.717) is 16.3 Å². The van der Waals surface area contributed by atoms with Gasteiger partial charge < -0.3 is 10.6 Å². The van der Waals surface area contributed by atoms with Crippen molar-refractivity contribution < 1.29 is 9.59 Å². The molecule has 5 nitrogen and oxygen atoms in total. The summed E-state index contributed by atoms with van der Waals surface area (Å²) in [6.45, 7) is 0. The quantitative estimate of drug-likeness (QED) is 0.680. The van der Waals surface area contributed by atoms with Crippen molar-refractivity contribution in [1.29, 1.82) is 0 Å². The van der Waals surface area contributed by atoms with Gasteiger partial charge in [0.2, 0.25) is 5.91 Å². The van der Waals surface area contributed by atoms with Gasteiger partial charge in [-0.25, -0.2) is 0 Å². The van der Waals surface area contributed by atoms with Gasteiger partial charge in [-0.3, -0.25) is 14.9 Å². The van der Waals surface area contributed by atoms with Crippen molar-refractivity contribution in [3.63, 3.8) is 0 Å². The number of thioether (sulfide) groups is 1. The van der Waals surface area contributed by atoms with Crippen molar-refractivity contribution in [3.05, 3.63) is 75.2 Å². The predicted octanol–water partition coefficient (Wildman–Crippen LogP) is 4.44. The first-order valence-corrected chi connectivity index (χ1v) is 11.0. The number of nitrogens with one attached hydrogen (secondary N) is 3. The fourth-order valence-corrected chi connectivity index (χ4v) is 6.09. The first-order valence-electron chi connectivity index (χ1n) is 9.71. The highest BCUT2D eigenvalue weighted by Gasteiger charge is 2.46. The highest BCUT2D eigenvalue weighted by Crippen LogP contribution is 2.50. The van der Waals surface area contributed by atoms with Crippen molar-refractivity contribution in [1.82, 2.24) is 10.6 Å². The third-order valence-electron chi connectivity index (χ3n) is 5.65. The Hall–Kier alpha value is -2.28. The minimum absolute atomic E-state index is 0.0585. The number of halogens is 1. The number of fused-ring (bicyclic) bond motifs is 2. The zero-order valence-electron chi connectivity index (χ0n) is 15.6. The lowest BCUT2D eigenvalue weighted by Gasteiger charge is -2.35. The monoisotopic (exact) mass is 425 g/mol. The van der Waals surface area contributed by atoms with E-state index in [1.165, 1.54) is 10.5 Å². The second kappa shape index (κ2) is 7.52. The summed E-state index contributed by atoms with van der Waals surface area (Å²) in [6.07, 6.45) is 3.00. The smallest absolute Gasteiger partial charge is 0.257 e. The average Bonchev–Trinajstić information content (AvgIpc) is 3.29. The van der Waals surface area contributed by atoms with Crippen LogP contribution in [0, 0.1) is 5.92 Å². The van der Waals surface area contributed by atoms with Gasteiger partial charge in [0, 0.05) is 5.69 Å². The molecule has 1 aliphatic carbocycles. The second-order valence-corrected chi connectivity index (χ2v) is 9.13. The molecule has 29 heavy (non-hydrogen) atoms. The minimum atomic E-state index is -0.284. The molecule has 2 aromatic carbocycles. The molecule has 3 atom stereocenters. The molecular formula is C22H20ClN3O2S. The van der Waals surface area contributed by atoms with E-state index in [-0.39, 0.29) is 29.3 Å². The molecule has 2 amide bonds. The van der Waals surface area contributed by atoms with E-state index in [9.17, 15) is 9.59 Å². The molecule has 1 fully saturated rings. The van der Waals surface area contributed by atoms with Crippen molar-refractivity contribution >= 4 is 40.9 Å². The number of allylic oxidation sites excluding steroid dienone is 1. The van der Waals surface area contributed by atoms with Crippen LogP contribution in [-0.2, 0) is 4.79 Å². The number of anilines is 1. The van der Waals surface area contributed by atoms with Gasteiger partial charge >= 0.3 is 0 Å². The lowest BCUT2D eigenvalue weighted by atomic mass is 9.94. The van der Waals surface area contributed by atoms with E-state index in [4.69, 9.17) is 11.6 Å². The molecular weight excluding hydrogens is 406 g/mol. The maximum absolute atomic E-state index is 12.8. The lowest BCUT2D eigenvalue weighted by Crippen LogP contribution is -2.54. The van der Waals surface area contributed by atoms with Crippen molar-refractivity contribution in [2.45, 2.75) is 30.8 Å².